The normalized spacial score (nSPS) is 13.9. The monoisotopic (exact) mass is 270 g/mol. The molecule has 0 aliphatic carbocycles. The summed E-state index contributed by atoms with van der Waals surface area (Å²) >= 11 is 0. The quantitative estimate of drug-likeness (QED) is 0.872. The molecule has 1 aliphatic rings. The van der Waals surface area contributed by atoms with Gasteiger partial charge in [-0.25, -0.2) is 0 Å². The molecule has 0 saturated carbocycles. The third-order valence-electron chi connectivity index (χ3n) is 3.70. The topological polar surface area (TPSA) is 59.0 Å². The molecule has 5 heteroatoms. The van der Waals surface area contributed by atoms with Crippen molar-refractivity contribution in [1.82, 2.24) is 15.1 Å². The first kappa shape index (κ1) is 12.9. The van der Waals surface area contributed by atoms with Crippen LogP contribution in [0.1, 0.15) is 27.3 Å². The number of carbonyl (C=O) groups excluding carboxylic acids is 1. The fraction of sp³-hybridized carbons (Fsp3) is 0.333. The smallest absolute Gasteiger partial charge is 0.276 e. The molecule has 0 bridgehead atoms. The Kier molecular flexibility index (Phi) is 3.28. The summed E-state index contributed by atoms with van der Waals surface area (Å²) in [6.45, 7) is 3.81. The maximum Gasteiger partial charge on any atom is 0.276 e. The van der Waals surface area contributed by atoms with Crippen molar-refractivity contribution in [3.63, 3.8) is 0 Å². The maximum absolute atomic E-state index is 12.1. The van der Waals surface area contributed by atoms with Gasteiger partial charge in [-0.1, -0.05) is 6.07 Å². The van der Waals surface area contributed by atoms with E-state index in [1.165, 1.54) is 11.1 Å². The zero-order valence-electron chi connectivity index (χ0n) is 11.7. The molecule has 1 amide bonds. The number of rotatable bonds is 2. The predicted molar refractivity (Wildman–Crippen MR) is 77.8 cm³/mol. The van der Waals surface area contributed by atoms with Crippen LogP contribution in [0.15, 0.2) is 24.3 Å². The van der Waals surface area contributed by atoms with Gasteiger partial charge in [-0.05, 0) is 49.2 Å². The molecule has 20 heavy (non-hydrogen) atoms. The Balaban J connectivity index is 1.79. The van der Waals surface area contributed by atoms with E-state index < -0.39 is 0 Å². The SMILES string of the molecule is Cc1cc(C(=O)Nc2ccc3c(c2)CNCC3)nn1C. The predicted octanol–water partition coefficient (Wildman–Crippen LogP) is 1.63. The van der Waals surface area contributed by atoms with Gasteiger partial charge in [0.25, 0.3) is 5.91 Å². The number of anilines is 1. The van der Waals surface area contributed by atoms with Crippen molar-refractivity contribution in [2.24, 2.45) is 7.05 Å². The molecule has 3 rings (SSSR count). The number of aromatic nitrogens is 2. The summed E-state index contributed by atoms with van der Waals surface area (Å²) in [5.74, 6) is -0.169. The lowest BCUT2D eigenvalue weighted by atomic mass is 10.0. The van der Waals surface area contributed by atoms with E-state index in [1.807, 2.05) is 26.1 Å². The first-order valence-electron chi connectivity index (χ1n) is 6.78. The Morgan fingerprint density at radius 2 is 2.20 bits per heavy atom. The largest absolute Gasteiger partial charge is 0.321 e. The standard InChI is InChI=1S/C15H18N4O/c1-10-7-14(18-19(10)2)15(20)17-13-4-3-11-5-6-16-9-12(11)8-13/h3-4,7-8,16H,5-6,9H2,1-2H3,(H,17,20). The highest BCUT2D eigenvalue weighted by Crippen LogP contribution is 2.19. The number of hydrogen-bond donors (Lipinski definition) is 2. The van der Waals surface area contributed by atoms with Gasteiger partial charge in [0.15, 0.2) is 5.69 Å². The number of fused-ring (bicyclic) bond motifs is 1. The summed E-state index contributed by atoms with van der Waals surface area (Å²) in [5, 5.41) is 10.4. The van der Waals surface area contributed by atoms with Crippen LogP contribution in [-0.4, -0.2) is 22.2 Å². The average Bonchev–Trinajstić information content (AvgIpc) is 2.79. The van der Waals surface area contributed by atoms with Crippen molar-refractivity contribution in [2.45, 2.75) is 19.9 Å². The third-order valence-corrected chi connectivity index (χ3v) is 3.70. The van der Waals surface area contributed by atoms with Crippen LogP contribution >= 0.6 is 0 Å². The van der Waals surface area contributed by atoms with Gasteiger partial charge in [-0.15, -0.1) is 0 Å². The van der Waals surface area contributed by atoms with Gasteiger partial charge in [0.1, 0.15) is 0 Å². The molecule has 1 aromatic heterocycles. The summed E-state index contributed by atoms with van der Waals surface area (Å²) in [4.78, 5) is 12.1. The fourth-order valence-corrected chi connectivity index (χ4v) is 2.42. The van der Waals surface area contributed by atoms with E-state index in [1.54, 1.807) is 10.7 Å². The molecule has 0 radical (unpaired) electrons. The van der Waals surface area contributed by atoms with Crippen molar-refractivity contribution < 1.29 is 4.79 Å². The van der Waals surface area contributed by atoms with Gasteiger partial charge >= 0.3 is 0 Å². The van der Waals surface area contributed by atoms with Crippen LogP contribution in [0.5, 0.6) is 0 Å². The second-order valence-electron chi connectivity index (χ2n) is 5.16. The van der Waals surface area contributed by atoms with E-state index in [0.717, 1.165) is 30.9 Å². The van der Waals surface area contributed by atoms with Gasteiger partial charge in [0.05, 0.1) is 0 Å². The molecule has 1 aliphatic heterocycles. The minimum absolute atomic E-state index is 0.169. The molecule has 5 nitrogen and oxygen atoms in total. The summed E-state index contributed by atoms with van der Waals surface area (Å²) in [7, 11) is 1.83. The van der Waals surface area contributed by atoms with E-state index in [2.05, 4.69) is 21.8 Å². The van der Waals surface area contributed by atoms with Crippen LogP contribution in [-0.2, 0) is 20.0 Å². The lowest BCUT2D eigenvalue weighted by Gasteiger charge is -2.17. The Morgan fingerprint density at radius 3 is 2.95 bits per heavy atom. The molecule has 0 unspecified atom stereocenters. The van der Waals surface area contributed by atoms with Crippen molar-refractivity contribution in [2.75, 3.05) is 11.9 Å². The van der Waals surface area contributed by atoms with Crippen molar-refractivity contribution in [3.05, 3.63) is 46.8 Å². The number of hydrogen-bond acceptors (Lipinski definition) is 3. The molecule has 2 aromatic rings. The van der Waals surface area contributed by atoms with Crippen molar-refractivity contribution in [3.8, 4) is 0 Å². The second-order valence-corrected chi connectivity index (χ2v) is 5.16. The van der Waals surface area contributed by atoms with Gasteiger partial charge in [0.2, 0.25) is 0 Å². The van der Waals surface area contributed by atoms with E-state index >= 15 is 0 Å². The number of aryl methyl sites for hydroxylation is 2. The van der Waals surface area contributed by atoms with Crippen LogP contribution in [0.4, 0.5) is 5.69 Å². The molecule has 2 N–H and O–H groups in total. The Morgan fingerprint density at radius 1 is 1.35 bits per heavy atom. The number of nitrogens with one attached hydrogen (secondary N) is 2. The van der Waals surface area contributed by atoms with Gasteiger partial charge in [-0.3, -0.25) is 9.48 Å². The minimum atomic E-state index is -0.169. The molecule has 2 heterocycles. The molecule has 0 spiro atoms. The number of nitrogens with zero attached hydrogens (tertiary/aromatic N) is 2. The summed E-state index contributed by atoms with van der Waals surface area (Å²) < 4.78 is 1.70. The number of carbonyl (C=O) groups is 1. The lowest BCUT2D eigenvalue weighted by molar-refractivity contribution is 0.102. The lowest BCUT2D eigenvalue weighted by Crippen LogP contribution is -2.23. The van der Waals surface area contributed by atoms with Gasteiger partial charge in [-0.2, -0.15) is 5.10 Å². The summed E-state index contributed by atoms with van der Waals surface area (Å²) in [6, 6.07) is 7.87. The summed E-state index contributed by atoms with van der Waals surface area (Å²) in [5.41, 5.74) is 4.84. The Bertz CT molecular complexity index is 640. The molecule has 0 fully saturated rings. The maximum atomic E-state index is 12.1. The summed E-state index contributed by atoms with van der Waals surface area (Å²) in [6.07, 6.45) is 1.04. The van der Waals surface area contributed by atoms with Gasteiger partial charge in [0, 0.05) is 25.0 Å². The Hall–Kier alpha value is -2.14. The van der Waals surface area contributed by atoms with Crippen LogP contribution < -0.4 is 10.6 Å². The highest BCUT2D eigenvalue weighted by atomic mass is 16.1. The van der Waals surface area contributed by atoms with Crippen LogP contribution in [0.25, 0.3) is 0 Å². The van der Waals surface area contributed by atoms with Crippen LogP contribution in [0.3, 0.4) is 0 Å². The highest BCUT2D eigenvalue weighted by molar-refractivity contribution is 6.03. The third kappa shape index (κ3) is 2.44. The zero-order valence-corrected chi connectivity index (χ0v) is 11.7. The average molecular weight is 270 g/mol. The van der Waals surface area contributed by atoms with E-state index in [9.17, 15) is 4.79 Å². The highest BCUT2D eigenvalue weighted by Gasteiger charge is 2.13. The van der Waals surface area contributed by atoms with Crippen LogP contribution in [0.2, 0.25) is 0 Å². The van der Waals surface area contributed by atoms with E-state index in [4.69, 9.17) is 0 Å². The van der Waals surface area contributed by atoms with Crippen molar-refractivity contribution >= 4 is 11.6 Å². The number of amides is 1. The molecule has 0 atom stereocenters. The molecular weight excluding hydrogens is 252 g/mol. The van der Waals surface area contributed by atoms with Crippen LogP contribution in [0, 0.1) is 6.92 Å². The number of benzene rings is 1. The fourth-order valence-electron chi connectivity index (χ4n) is 2.42. The first-order valence-corrected chi connectivity index (χ1v) is 6.78. The first-order chi connectivity index (χ1) is 9.63. The molecule has 104 valence electrons. The van der Waals surface area contributed by atoms with E-state index in [-0.39, 0.29) is 5.91 Å². The zero-order chi connectivity index (χ0) is 14.1. The molecular formula is C15H18N4O. The van der Waals surface area contributed by atoms with E-state index in [0.29, 0.717) is 5.69 Å². The second kappa shape index (κ2) is 5.09. The van der Waals surface area contributed by atoms with Gasteiger partial charge < -0.3 is 10.6 Å². The molecule has 1 aromatic carbocycles. The Labute approximate surface area is 118 Å². The molecule has 0 saturated heterocycles. The van der Waals surface area contributed by atoms with Crippen molar-refractivity contribution in [1.29, 1.82) is 0 Å². The minimum Gasteiger partial charge on any atom is -0.321 e.